The summed E-state index contributed by atoms with van der Waals surface area (Å²) in [6.07, 6.45) is 0. The van der Waals surface area contributed by atoms with Gasteiger partial charge in [0.05, 0.1) is 29.1 Å². The van der Waals surface area contributed by atoms with Crippen LogP contribution in [0.15, 0.2) is 0 Å². The molecule has 1 heterocycles. The molecule has 10 nitrogen and oxygen atoms in total. The number of hydrogen-bond donors (Lipinski definition) is 0. The quantitative estimate of drug-likeness (QED) is 0.247. The molecule has 22 heavy (non-hydrogen) atoms. The number of hydrogen-bond acceptors (Lipinski definition) is 10. The molecule has 126 valence electrons. The van der Waals surface area contributed by atoms with Crippen LogP contribution in [0, 0.1) is 0 Å². The van der Waals surface area contributed by atoms with Gasteiger partial charge in [0.1, 0.15) is 0 Å². The van der Waals surface area contributed by atoms with Gasteiger partial charge in [0, 0.05) is 6.61 Å². The van der Waals surface area contributed by atoms with Gasteiger partial charge in [-0.15, -0.1) is 0 Å². The third kappa shape index (κ3) is 6.43. The maximum absolute atomic E-state index is 11.9. The van der Waals surface area contributed by atoms with Gasteiger partial charge < -0.3 is 8.98 Å². The molecule has 15 heteroatoms. The molecule has 0 aromatic heterocycles. The Bertz CT molecular complexity index is 646. The van der Waals surface area contributed by atoms with E-state index in [0.717, 1.165) is 0 Å². The van der Waals surface area contributed by atoms with Gasteiger partial charge in [-0.05, 0) is 13.1 Å². The third-order valence-corrected chi connectivity index (χ3v) is 13.8. The van der Waals surface area contributed by atoms with E-state index >= 15 is 0 Å². The van der Waals surface area contributed by atoms with Crippen LogP contribution in [0.4, 0.5) is 0 Å². The van der Waals surface area contributed by atoms with Gasteiger partial charge in [0.25, 0.3) is 20.2 Å². The average molecular weight is 406 g/mol. The van der Waals surface area contributed by atoms with Gasteiger partial charge in [-0.3, -0.25) is 8.37 Å². The molecule has 0 amide bonds. The summed E-state index contributed by atoms with van der Waals surface area (Å²) in [4.78, 5) is 0. The van der Waals surface area contributed by atoms with Crippen molar-refractivity contribution in [2.45, 2.75) is 17.3 Å². The second-order valence-electron chi connectivity index (χ2n) is 4.68. The van der Waals surface area contributed by atoms with Gasteiger partial charge >= 0.3 is 29.6 Å². The molecule has 0 radical (unpaired) electrons. The molecule has 0 spiro atoms. The molecular formula is C7H15NaO10S3Si. The van der Waals surface area contributed by atoms with E-state index in [-0.39, 0.29) is 29.6 Å². The minimum absolute atomic E-state index is 0. The van der Waals surface area contributed by atoms with Crippen molar-refractivity contribution < 1.29 is 72.2 Å². The van der Waals surface area contributed by atoms with Crippen LogP contribution in [-0.2, 0) is 43.1 Å². The Labute approximate surface area is 152 Å². The molecule has 0 aromatic carbocycles. The first kappa shape index (κ1) is 22.9. The van der Waals surface area contributed by atoms with E-state index in [1.165, 1.54) is 13.1 Å². The SMILES string of the molecule is C[Si](C)(OCCS(=O)(=O)[O-])C1S(=O)(=O)OCCOS1(=O)=O.[Na+]. The van der Waals surface area contributed by atoms with Crippen molar-refractivity contribution in [2.24, 2.45) is 0 Å². The molecule has 0 N–H and O–H groups in total. The summed E-state index contributed by atoms with van der Waals surface area (Å²) in [6, 6.07) is 0. The second kappa shape index (κ2) is 7.86. The van der Waals surface area contributed by atoms with Gasteiger partial charge in [-0.1, -0.05) is 0 Å². The second-order valence-corrected chi connectivity index (χ2v) is 14.8. The maximum atomic E-state index is 11.9. The molecule has 0 bridgehead atoms. The van der Waals surface area contributed by atoms with Crippen molar-refractivity contribution in [3.8, 4) is 0 Å². The fourth-order valence-electron chi connectivity index (χ4n) is 1.74. The molecule has 0 unspecified atom stereocenters. The maximum Gasteiger partial charge on any atom is 1.00 e. The summed E-state index contributed by atoms with van der Waals surface area (Å²) in [5, 5.41) is 0. The molecule has 1 saturated heterocycles. The molecule has 0 saturated carbocycles. The molecule has 0 atom stereocenters. The fraction of sp³-hybridized carbons (Fsp3) is 1.00. The summed E-state index contributed by atoms with van der Waals surface area (Å²) in [5.41, 5.74) is 0. The first-order chi connectivity index (χ1) is 9.28. The Morgan fingerprint density at radius 2 is 1.55 bits per heavy atom. The minimum Gasteiger partial charge on any atom is -0.748 e. The zero-order valence-electron chi connectivity index (χ0n) is 12.2. The average Bonchev–Trinajstić information content (AvgIpc) is 2.30. The van der Waals surface area contributed by atoms with Gasteiger partial charge in [-0.25, -0.2) is 8.42 Å². The first-order valence-electron chi connectivity index (χ1n) is 5.62. The Kier molecular flexibility index (Phi) is 8.18. The van der Waals surface area contributed by atoms with Crippen molar-refractivity contribution >= 4 is 38.7 Å². The van der Waals surface area contributed by atoms with Gasteiger partial charge in [0.15, 0.2) is 0 Å². The minimum atomic E-state index is -4.56. The van der Waals surface area contributed by atoms with E-state index in [1.807, 2.05) is 0 Å². The van der Waals surface area contributed by atoms with Crippen molar-refractivity contribution in [3.63, 3.8) is 0 Å². The summed E-state index contributed by atoms with van der Waals surface area (Å²) in [7, 11) is -17.1. The summed E-state index contributed by atoms with van der Waals surface area (Å²) >= 11 is 0. The third-order valence-electron chi connectivity index (χ3n) is 2.48. The molecule has 0 aromatic rings. The van der Waals surface area contributed by atoms with E-state index in [2.05, 4.69) is 8.37 Å². The summed E-state index contributed by atoms with van der Waals surface area (Å²) in [5.74, 6) is -0.891. The van der Waals surface area contributed by atoms with Crippen LogP contribution < -0.4 is 29.6 Å². The molecule has 0 aliphatic carbocycles. The van der Waals surface area contributed by atoms with Gasteiger partial charge in [0.2, 0.25) is 12.5 Å². The van der Waals surface area contributed by atoms with E-state index in [0.29, 0.717) is 0 Å². The van der Waals surface area contributed by atoms with Crippen LogP contribution in [0.1, 0.15) is 0 Å². The zero-order valence-corrected chi connectivity index (χ0v) is 17.7. The van der Waals surface area contributed by atoms with E-state index in [4.69, 9.17) is 4.43 Å². The normalized spacial score (nSPS) is 22.5. The summed E-state index contributed by atoms with van der Waals surface area (Å²) < 4.78 is 91.2. The van der Waals surface area contributed by atoms with Crippen molar-refractivity contribution in [3.05, 3.63) is 0 Å². The first-order valence-corrected chi connectivity index (χ1v) is 13.1. The van der Waals surface area contributed by atoms with Crippen LogP contribution in [0.5, 0.6) is 0 Å². The molecule has 1 fully saturated rings. The zero-order chi connectivity index (χ0) is 16.5. The van der Waals surface area contributed by atoms with Crippen LogP contribution in [0.2, 0.25) is 13.1 Å². The molecule has 1 rings (SSSR count). The van der Waals surface area contributed by atoms with Crippen LogP contribution in [0.3, 0.4) is 0 Å². The fourth-order valence-corrected chi connectivity index (χ4v) is 11.7. The van der Waals surface area contributed by atoms with Gasteiger partial charge in [-0.2, -0.15) is 16.8 Å². The van der Waals surface area contributed by atoms with Crippen LogP contribution in [0.25, 0.3) is 0 Å². The standard InChI is InChI=1S/C7H16O10S3Si.Na/c1-21(2,17-5-6-18(8,9)10)7-19(11,12)15-3-4-16-20(7,13)14;/h7H,3-6H2,1-2H3,(H,8,9,10);/q;+1/p-1. The van der Waals surface area contributed by atoms with E-state index < -0.39 is 68.5 Å². The Balaban J connectivity index is 0.00000441. The van der Waals surface area contributed by atoms with Crippen LogP contribution >= 0.6 is 0 Å². The monoisotopic (exact) mass is 406 g/mol. The predicted molar refractivity (Wildman–Crippen MR) is 71.5 cm³/mol. The Hall–Kier alpha value is 0.907. The molecule has 1 aliphatic heterocycles. The number of rotatable bonds is 5. The predicted octanol–water partition coefficient (Wildman–Crippen LogP) is -4.67. The van der Waals surface area contributed by atoms with Crippen molar-refractivity contribution in [1.82, 2.24) is 0 Å². The van der Waals surface area contributed by atoms with Crippen LogP contribution in [-0.4, -0.2) is 67.9 Å². The van der Waals surface area contributed by atoms with Crippen molar-refractivity contribution in [1.29, 1.82) is 0 Å². The Morgan fingerprint density at radius 1 is 1.14 bits per heavy atom. The molecular weight excluding hydrogens is 391 g/mol. The van der Waals surface area contributed by atoms with Crippen molar-refractivity contribution in [2.75, 3.05) is 25.6 Å². The largest absolute Gasteiger partial charge is 1.00 e. The topological polar surface area (TPSA) is 153 Å². The Morgan fingerprint density at radius 3 is 1.91 bits per heavy atom. The summed E-state index contributed by atoms with van der Waals surface area (Å²) in [6.45, 7) is 1.01. The molecule has 1 aliphatic rings. The van der Waals surface area contributed by atoms with E-state index in [1.54, 1.807) is 0 Å². The van der Waals surface area contributed by atoms with E-state index in [9.17, 15) is 29.8 Å². The smallest absolute Gasteiger partial charge is 0.748 e.